The summed E-state index contributed by atoms with van der Waals surface area (Å²) in [4.78, 5) is 2.74. The lowest BCUT2D eigenvalue weighted by Crippen LogP contribution is -2.34. The molecule has 5 heteroatoms. The minimum absolute atomic E-state index is 0.213. The molecule has 1 aliphatic rings. The van der Waals surface area contributed by atoms with Crippen LogP contribution in [-0.4, -0.2) is 37.7 Å². The van der Waals surface area contributed by atoms with Crippen LogP contribution in [0.25, 0.3) is 5.57 Å². The van der Waals surface area contributed by atoms with Crippen molar-refractivity contribution < 1.29 is 12.8 Å². The molecule has 0 radical (unpaired) electrons. The fourth-order valence-corrected chi connectivity index (χ4v) is 5.19. The Morgan fingerprint density at radius 3 is 2.32 bits per heavy atom. The van der Waals surface area contributed by atoms with Crippen molar-refractivity contribution in [1.29, 1.82) is 0 Å². The zero-order valence-corrected chi connectivity index (χ0v) is 17.4. The van der Waals surface area contributed by atoms with Gasteiger partial charge in [-0.05, 0) is 75.1 Å². The van der Waals surface area contributed by atoms with Crippen molar-refractivity contribution in [3.05, 3.63) is 72.1 Å². The van der Waals surface area contributed by atoms with Gasteiger partial charge in [0.15, 0.2) is 9.84 Å². The SMILES string of the molecule is CC(C)(CCCN1CC=C(c2ccc(F)cc2)CC1)S(=O)(=O)c1ccccc1. The molecule has 0 saturated heterocycles. The molecule has 150 valence electrons. The maximum absolute atomic E-state index is 13.1. The minimum atomic E-state index is -3.35. The number of nitrogens with zero attached hydrogens (tertiary/aromatic N) is 1. The maximum atomic E-state index is 13.1. The van der Waals surface area contributed by atoms with Gasteiger partial charge in [-0.1, -0.05) is 36.4 Å². The molecule has 2 aromatic carbocycles. The molecule has 1 heterocycles. The highest BCUT2D eigenvalue weighted by Gasteiger charge is 2.35. The van der Waals surface area contributed by atoms with E-state index in [0.29, 0.717) is 11.3 Å². The fourth-order valence-electron chi connectivity index (χ4n) is 3.62. The van der Waals surface area contributed by atoms with E-state index in [1.165, 1.54) is 17.7 Å². The average molecular weight is 402 g/mol. The topological polar surface area (TPSA) is 37.4 Å². The quantitative estimate of drug-likeness (QED) is 0.659. The lowest BCUT2D eigenvalue weighted by atomic mass is 9.99. The van der Waals surface area contributed by atoms with Gasteiger partial charge < -0.3 is 0 Å². The van der Waals surface area contributed by atoms with E-state index >= 15 is 0 Å². The van der Waals surface area contributed by atoms with Crippen molar-refractivity contribution in [1.82, 2.24) is 4.90 Å². The Hall–Kier alpha value is -1.98. The Balaban J connectivity index is 1.53. The predicted molar refractivity (Wildman–Crippen MR) is 112 cm³/mol. The van der Waals surface area contributed by atoms with E-state index in [2.05, 4.69) is 11.0 Å². The van der Waals surface area contributed by atoms with E-state index in [1.54, 1.807) is 24.3 Å². The molecule has 0 amide bonds. The average Bonchev–Trinajstić information content (AvgIpc) is 2.69. The van der Waals surface area contributed by atoms with Gasteiger partial charge in [0.1, 0.15) is 5.82 Å². The second kappa shape index (κ2) is 8.58. The molecule has 28 heavy (non-hydrogen) atoms. The first-order chi connectivity index (χ1) is 13.3. The van der Waals surface area contributed by atoms with Crippen LogP contribution in [0.1, 0.15) is 38.7 Å². The molecule has 0 N–H and O–H groups in total. The van der Waals surface area contributed by atoms with E-state index in [9.17, 15) is 12.8 Å². The summed E-state index contributed by atoms with van der Waals surface area (Å²) >= 11 is 0. The lowest BCUT2D eigenvalue weighted by molar-refractivity contribution is 0.290. The van der Waals surface area contributed by atoms with Crippen molar-refractivity contribution in [2.45, 2.75) is 42.8 Å². The zero-order chi connectivity index (χ0) is 20.2. The van der Waals surface area contributed by atoms with Crippen LogP contribution in [0.15, 0.2) is 65.6 Å². The number of benzene rings is 2. The summed E-state index contributed by atoms with van der Waals surface area (Å²) in [5.41, 5.74) is 2.33. The van der Waals surface area contributed by atoms with Crippen molar-refractivity contribution in [2.75, 3.05) is 19.6 Å². The van der Waals surface area contributed by atoms with Crippen molar-refractivity contribution in [2.24, 2.45) is 0 Å². The number of sulfone groups is 1. The summed E-state index contributed by atoms with van der Waals surface area (Å²) in [6.45, 7) is 6.30. The number of rotatable bonds is 7. The molecule has 3 rings (SSSR count). The smallest absolute Gasteiger partial charge is 0.183 e. The van der Waals surface area contributed by atoms with Gasteiger partial charge in [0.25, 0.3) is 0 Å². The van der Waals surface area contributed by atoms with Gasteiger partial charge in [-0.15, -0.1) is 0 Å². The van der Waals surface area contributed by atoms with Crippen molar-refractivity contribution in [3.63, 3.8) is 0 Å². The second-order valence-electron chi connectivity index (χ2n) is 7.97. The second-order valence-corrected chi connectivity index (χ2v) is 10.6. The molecule has 0 unspecified atom stereocenters. The van der Waals surface area contributed by atoms with E-state index < -0.39 is 14.6 Å². The van der Waals surface area contributed by atoms with Crippen LogP contribution in [0.5, 0.6) is 0 Å². The molecule has 0 fully saturated rings. The molecule has 0 aromatic heterocycles. The van der Waals surface area contributed by atoms with Gasteiger partial charge in [0, 0.05) is 13.1 Å². The van der Waals surface area contributed by atoms with Crippen molar-refractivity contribution in [3.8, 4) is 0 Å². The Bertz CT molecular complexity index is 919. The van der Waals surface area contributed by atoms with Gasteiger partial charge in [0.2, 0.25) is 0 Å². The largest absolute Gasteiger partial charge is 0.299 e. The highest BCUT2D eigenvalue weighted by atomic mass is 32.2. The zero-order valence-electron chi connectivity index (χ0n) is 16.6. The summed E-state index contributed by atoms with van der Waals surface area (Å²) in [5, 5.41) is 0. The Kier molecular flexibility index (Phi) is 6.36. The molecular weight excluding hydrogens is 373 g/mol. The molecule has 2 aromatic rings. The summed E-state index contributed by atoms with van der Waals surface area (Å²) < 4.78 is 38.1. The van der Waals surface area contributed by atoms with E-state index in [0.717, 1.165) is 38.0 Å². The predicted octanol–water partition coefficient (Wildman–Crippen LogP) is 4.95. The summed E-state index contributed by atoms with van der Waals surface area (Å²) in [7, 11) is -3.35. The van der Waals surface area contributed by atoms with Crippen molar-refractivity contribution >= 4 is 15.4 Å². The molecule has 0 aliphatic carbocycles. The summed E-state index contributed by atoms with van der Waals surface area (Å²) in [6.07, 6.45) is 4.58. The molecule has 0 saturated carbocycles. The van der Waals surface area contributed by atoms with Crippen LogP contribution in [0, 0.1) is 5.82 Å². The third-order valence-electron chi connectivity index (χ3n) is 5.54. The molecule has 3 nitrogen and oxygen atoms in total. The van der Waals surface area contributed by atoms with Crippen LogP contribution in [0.2, 0.25) is 0 Å². The Labute approximate surface area is 167 Å². The first kappa shape index (κ1) is 20.7. The first-order valence-corrected chi connectivity index (χ1v) is 11.2. The van der Waals surface area contributed by atoms with E-state index in [4.69, 9.17) is 0 Å². The number of hydrogen-bond donors (Lipinski definition) is 0. The lowest BCUT2D eigenvalue weighted by Gasteiger charge is -2.29. The van der Waals surface area contributed by atoms with Gasteiger partial charge >= 0.3 is 0 Å². The third kappa shape index (κ3) is 4.70. The number of hydrogen-bond acceptors (Lipinski definition) is 3. The van der Waals surface area contributed by atoms with Crippen LogP contribution in [0.4, 0.5) is 4.39 Å². The molecule has 0 atom stereocenters. The number of halogens is 1. The molecule has 0 spiro atoms. The highest BCUT2D eigenvalue weighted by molar-refractivity contribution is 7.92. The maximum Gasteiger partial charge on any atom is 0.183 e. The summed E-state index contributed by atoms with van der Waals surface area (Å²) in [5.74, 6) is -0.213. The first-order valence-electron chi connectivity index (χ1n) is 9.77. The van der Waals surface area contributed by atoms with Crippen LogP contribution in [-0.2, 0) is 9.84 Å². The van der Waals surface area contributed by atoms with Gasteiger partial charge in [-0.2, -0.15) is 0 Å². The van der Waals surface area contributed by atoms with Crippen LogP contribution < -0.4 is 0 Å². The molecule has 0 bridgehead atoms. The standard InChI is InChI=1S/C23H28FNO2S/c1-23(2,28(26,27)22-7-4-3-5-8-22)15-6-16-25-17-13-20(14-18-25)19-9-11-21(24)12-10-19/h3-5,7-13H,6,14-18H2,1-2H3. The monoisotopic (exact) mass is 401 g/mol. The van der Waals surface area contributed by atoms with Gasteiger partial charge in [0.05, 0.1) is 9.64 Å². The Morgan fingerprint density at radius 2 is 1.71 bits per heavy atom. The highest BCUT2D eigenvalue weighted by Crippen LogP contribution is 2.30. The van der Waals surface area contributed by atoms with Crippen LogP contribution in [0.3, 0.4) is 0 Å². The van der Waals surface area contributed by atoms with E-state index in [-0.39, 0.29) is 5.82 Å². The fraction of sp³-hybridized carbons (Fsp3) is 0.391. The third-order valence-corrected chi connectivity index (χ3v) is 8.09. The van der Waals surface area contributed by atoms with Gasteiger partial charge in [-0.3, -0.25) is 4.90 Å². The van der Waals surface area contributed by atoms with E-state index in [1.807, 2.05) is 32.0 Å². The minimum Gasteiger partial charge on any atom is -0.299 e. The molecule has 1 aliphatic heterocycles. The normalized spacial score (nSPS) is 16.0. The molecular formula is C23H28FNO2S. The van der Waals surface area contributed by atoms with Gasteiger partial charge in [-0.25, -0.2) is 12.8 Å². The van der Waals surface area contributed by atoms with Crippen LogP contribution >= 0.6 is 0 Å². The summed E-state index contributed by atoms with van der Waals surface area (Å²) in [6, 6.07) is 15.4. The Morgan fingerprint density at radius 1 is 1.04 bits per heavy atom.